The first-order valence-corrected chi connectivity index (χ1v) is 7.99. The lowest BCUT2D eigenvalue weighted by Gasteiger charge is -2.38. The minimum atomic E-state index is 0.0850. The van der Waals surface area contributed by atoms with Gasteiger partial charge in [0.05, 0.1) is 13.2 Å². The number of nitrogens with two attached hydrogens (primary N) is 1. The Kier molecular flexibility index (Phi) is 4.29. The van der Waals surface area contributed by atoms with Gasteiger partial charge < -0.3 is 15.4 Å². The minimum Gasteiger partial charge on any atom is -0.379 e. The first-order chi connectivity index (χ1) is 9.65. The molecule has 2 saturated heterocycles. The summed E-state index contributed by atoms with van der Waals surface area (Å²) in [5.74, 6) is 1.48. The fourth-order valence-electron chi connectivity index (χ4n) is 4.01. The van der Waals surface area contributed by atoms with E-state index in [1.54, 1.807) is 0 Å². The van der Waals surface area contributed by atoms with Gasteiger partial charge in [-0.25, -0.2) is 0 Å². The van der Waals surface area contributed by atoms with E-state index >= 15 is 0 Å². The summed E-state index contributed by atoms with van der Waals surface area (Å²) < 4.78 is 5.36. The van der Waals surface area contributed by atoms with Gasteiger partial charge in [0.25, 0.3) is 0 Å². The molecule has 1 aliphatic carbocycles. The van der Waals surface area contributed by atoms with E-state index in [9.17, 15) is 4.79 Å². The number of carbonyl (C=O) groups is 1. The summed E-state index contributed by atoms with van der Waals surface area (Å²) in [5, 5.41) is 0. The molecule has 2 bridgehead atoms. The third-order valence-corrected chi connectivity index (χ3v) is 5.28. The van der Waals surface area contributed by atoms with Gasteiger partial charge in [-0.05, 0) is 24.7 Å². The molecular weight excluding hydrogens is 254 g/mol. The normalized spacial score (nSPS) is 36.1. The third kappa shape index (κ3) is 2.85. The van der Waals surface area contributed by atoms with E-state index in [0.29, 0.717) is 23.8 Å². The first kappa shape index (κ1) is 14.3. The van der Waals surface area contributed by atoms with Gasteiger partial charge in [0.15, 0.2) is 0 Å². The molecule has 1 unspecified atom stereocenters. The van der Waals surface area contributed by atoms with Gasteiger partial charge >= 0.3 is 0 Å². The van der Waals surface area contributed by atoms with Crippen LogP contribution in [0, 0.1) is 17.8 Å². The van der Waals surface area contributed by atoms with Crippen LogP contribution < -0.4 is 5.73 Å². The van der Waals surface area contributed by atoms with Crippen LogP contribution in [0.3, 0.4) is 0 Å². The van der Waals surface area contributed by atoms with Crippen LogP contribution in [-0.4, -0.2) is 67.7 Å². The van der Waals surface area contributed by atoms with E-state index < -0.39 is 0 Å². The average molecular weight is 281 g/mol. The largest absolute Gasteiger partial charge is 0.379 e. The van der Waals surface area contributed by atoms with Crippen molar-refractivity contribution in [3.63, 3.8) is 0 Å². The number of amides is 1. The number of nitrogens with zero attached hydrogens (tertiary/aromatic N) is 2. The van der Waals surface area contributed by atoms with E-state index in [1.807, 2.05) is 0 Å². The lowest BCUT2D eigenvalue weighted by molar-refractivity contribution is -0.138. The third-order valence-electron chi connectivity index (χ3n) is 5.28. The summed E-state index contributed by atoms with van der Waals surface area (Å²) in [6.45, 7) is 8.18. The molecule has 0 aromatic heterocycles. The van der Waals surface area contributed by atoms with Crippen molar-refractivity contribution in [2.75, 3.05) is 45.9 Å². The number of piperidine rings is 1. The Morgan fingerprint density at radius 1 is 1.25 bits per heavy atom. The minimum absolute atomic E-state index is 0.0850. The second-order valence-corrected chi connectivity index (χ2v) is 6.73. The van der Waals surface area contributed by atoms with Crippen molar-refractivity contribution in [1.82, 2.24) is 9.80 Å². The molecule has 5 nitrogen and oxygen atoms in total. The highest BCUT2D eigenvalue weighted by Crippen LogP contribution is 2.36. The Hall–Kier alpha value is -0.650. The highest BCUT2D eigenvalue weighted by Gasteiger charge is 2.41. The van der Waals surface area contributed by atoms with Gasteiger partial charge in [0, 0.05) is 44.7 Å². The van der Waals surface area contributed by atoms with Crippen molar-refractivity contribution in [3.8, 4) is 0 Å². The Morgan fingerprint density at radius 3 is 2.45 bits per heavy atom. The van der Waals surface area contributed by atoms with Gasteiger partial charge in [-0.3, -0.25) is 9.69 Å². The maximum Gasteiger partial charge on any atom is 0.226 e. The Balaban J connectivity index is 1.53. The topological polar surface area (TPSA) is 58.8 Å². The van der Waals surface area contributed by atoms with E-state index in [4.69, 9.17) is 10.5 Å². The van der Waals surface area contributed by atoms with Crippen LogP contribution in [0.25, 0.3) is 0 Å². The molecule has 0 radical (unpaired) electrons. The molecule has 114 valence electrons. The molecule has 4 atom stereocenters. The number of likely N-dealkylation sites (tertiary alicyclic amines) is 1. The molecule has 2 aliphatic heterocycles. The molecule has 3 aliphatic rings. The van der Waals surface area contributed by atoms with Gasteiger partial charge in [-0.15, -0.1) is 0 Å². The number of hydrogen-bond acceptors (Lipinski definition) is 4. The molecule has 3 fully saturated rings. The van der Waals surface area contributed by atoms with Crippen LogP contribution in [0.15, 0.2) is 0 Å². The second kappa shape index (κ2) is 6.00. The van der Waals surface area contributed by atoms with Crippen molar-refractivity contribution >= 4 is 5.91 Å². The monoisotopic (exact) mass is 281 g/mol. The molecular formula is C15H27N3O2. The molecule has 0 aromatic carbocycles. The van der Waals surface area contributed by atoms with Crippen molar-refractivity contribution in [2.24, 2.45) is 23.5 Å². The van der Waals surface area contributed by atoms with Crippen LogP contribution in [0.2, 0.25) is 0 Å². The maximum absolute atomic E-state index is 12.6. The van der Waals surface area contributed by atoms with Gasteiger partial charge in [-0.2, -0.15) is 0 Å². The van der Waals surface area contributed by atoms with Gasteiger partial charge in [0.1, 0.15) is 0 Å². The molecule has 5 heteroatoms. The zero-order chi connectivity index (χ0) is 14.1. The maximum atomic E-state index is 12.6. The van der Waals surface area contributed by atoms with Crippen LogP contribution in [0.4, 0.5) is 0 Å². The van der Waals surface area contributed by atoms with Gasteiger partial charge in [-0.1, -0.05) is 6.92 Å². The zero-order valence-electron chi connectivity index (χ0n) is 12.5. The molecule has 1 saturated carbocycles. The number of rotatable bonds is 3. The van der Waals surface area contributed by atoms with Crippen molar-refractivity contribution < 1.29 is 9.53 Å². The SMILES string of the molecule is C[C@H](CN1CCOCC1)C(=O)N1C[C@H]2CC[C@@H](C1)C2N. The van der Waals surface area contributed by atoms with Gasteiger partial charge in [0.2, 0.25) is 5.91 Å². The predicted octanol–water partition coefficient (Wildman–Crippen LogP) is 0.150. The van der Waals surface area contributed by atoms with Crippen molar-refractivity contribution in [1.29, 1.82) is 0 Å². The highest BCUT2D eigenvalue weighted by atomic mass is 16.5. The first-order valence-electron chi connectivity index (χ1n) is 7.99. The summed E-state index contributed by atoms with van der Waals surface area (Å²) in [5.41, 5.74) is 6.21. The molecule has 0 aromatic rings. The molecule has 1 amide bonds. The van der Waals surface area contributed by atoms with E-state index in [1.165, 1.54) is 12.8 Å². The van der Waals surface area contributed by atoms with Crippen LogP contribution in [-0.2, 0) is 9.53 Å². The summed E-state index contributed by atoms with van der Waals surface area (Å²) in [7, 11) is 0. The van der Waals surface area contributed by atoms with Crippen LogP contribution >= 0.6 is 0 Å². The molecule has 2 heterocycles. The summed E-state index contributed by atoms with van der Waals surface area (Å²) >= 11 is 0. The highest BCUT2D eigenvalue weighted by molar-refractivity contribution is 5.79. The van der Waals surface area contributed by atoms with E-state index in [0.717, 1.165) is 45.9 Å². The fourth-order valence-corrected chi connectivity index (χ4v) is 4.01. The number of hydrogen-bond donors (Lipinski definition) is 1. The number of fused-ring (bicyclic) bond motifs is 2. The van der Waals surface area contributed by atoms with Crippen molar-refractivity contribution in [2.45, 2.75) is 25.8 Å². The quantitative estimate of drug-likeness (QED) is 0.800. The summed E-state index contributed by atoms with van der Waals surface area (Å²) in [6, 6.07) is 0.327. The Morgan fingerprint density at radius 2 is 1.85 bits per heavy atom. The fraction of sp³-hybridized carbons (Fsp3) is 0.933. The second-order valence-electron chi connectivity index (χ2n) is 6.73. The smallest absolute Gasteiger partial charge is 0.226 e. The van der Waals surface area contributed by atoms with Crippen LogP contribution in [0.5, 0.6) is 0 Å². The predicted molar refractivity (Wildman–Crippen MR) is 77.2 cm³/mol. The van der Waals surface area contributed by atoms with Crippen molar-refractivity contribution in [3.05, 3.63) is 0 Å². The molecule has 3 rings (SSSR count). The number of carbonyl (C=O) groups excluding carboxylic acids is 1. The lowest BCUT2D eigenvalue weighted by atomic mass is 9.92. The lowest BCUT2D eigenvalue weighted by Crippen LogP contribution is -2.53. The Labute approximate surface area is 121 Å². The van der Waals surface area contributed by atoms with E-state index in [2.05, 4.69) is 16.7 Å². The zero-order valence-corrected chi connectivity index (χ0v) is 12.5. The standard InChI is InChI=1S/C15H27N3O2/c1-11(8-17-4-6-20-7-5-17)15(19)18-9-12-2-3-13(10-18)14(12)16/h11-14H,2-10,16H2,1H3/t11-,12-,13+,14?/m1/s1. The Bertz CT molecular complexity index is 343. The summed E-state index contributed by atoms with van der Waals surface area (Å²) in [6.07, 6.45) is 2.40. The average Bonchev–Trinajstić information content (AvgIpc) is 2.68. The molecule has 2 N–H and O–H groups in total. The molecule has 20 heavy (non-hydrogen) atoms. The number of ether oxygens (including phenoxy) is 1. The molecule has 0 spiro atoms. The van der Waals surface area contributed by atoms with Crippen LogP contribution in [0.1, 0.15) is 19.8 Å². The number of morpholine rings is 1. The van der Waals surface area contributed by atoms with E-state index in [-0.39, 0.29) is 5.92 Å². The summed E-state index contributed by atoms with van der Waals surface area (Å²) in [4.78, 5) is 17.0.